The first-order valence-electron chi connectivity index (χ1n) is 7.61. The summed E-state index contributed by atoms with van der Waals surface area (Å²) < 4.78 is 8.88. The Bertz CT molecular complexity index is 1110. The molecule has 120 valence electrons. The van der Waals surface area contributed by atoms with Crippen LogP contribution in [0.2, 0.25) is 0 Å². The zero-order chi connectivity index (χ0) is 16.7. The molecule has 0 aliphatic carbocycles. The van der Waals surface area contributed by atoms with Gasteiger partial charge >= 0.3 is 0 Å². The molecule has 0 spiro atoms. The fourth-order valence-electron chi connectivity index (χ4n) is 2.87. The maximum Gasteiger partial charge on any atom is 0.260 e. The number of rotatable bonds is 3. The van der Waals surface area contributed by atoms with Crippen LogP contribution >= 0.6 is 0 Å². The van der Waals surface area contributed by atoms with Crippen LogP contribution in [0, 0.1) is 6.92 Å². The number of aryl methyl sites for hydroxylation is 1. The van der Waals surface area contributed by atoms with Crippen LogP contribution in [0.1, 0.15) is 11.3 Å². The lowest BCUT2D eigenvalue weighted by Crippen LogP contribution is -2.20. The molecule has 0 atom stereocenters. The second kappa shape index (κ2) is 5.49. The standard InChI is InChI=1S/C18H16N4O2/c1-12-3-4-17-20-13(11-22(17)9-12)10-21-6-5-14-15(18(21)23)7-19-8-16(14)24-2/h3-9,11H,10H2,1-2H3. The Hall–Kier alpha value is -3.15. The van der Waals surface area contributed by atoms with E-state index in [1.54, 1.807) is 30.3 Å². The van der Waals surface area contributed by atoms with Crippen LogP contribution in [-0.4, -0.2) is 26.0 Å². The Morgan fingerprint density at radius 3 is 2.83 bits per heavy atom. The van der Waals surface area contributed by atoms with Crippen molar-refractivity contribution >= 4 is 16.4 Å². The van der Waals surface area contributed by atoms with Gasteiger partial charge in [0, 0.05) is 30.2 Å². The van der Waals surface area contributed by atoms with Crippen molar-refractivity contribution in [2.75, 3.05) is 7.11 Å². The normalized spacial score (nSPS) is 11.2. The highest BCUT2D eigenvalue weighted by Gasteiger charge is 2.09. The number of imidazole rings is 1. The molecular formula is C18H16N4O2. The average Bonchev–Trinajstić information content (AvgIpc) is 2.98. The van der Waals surface area contributed by atoms with Gasteiger partial charge in [-0.1, -0.05) is 6.07 Å². The van der Waals surface area contributed by atoms with Crippen molar-refractivity contribution in [3.05, 3.63) is 70.8 Å². The van der Waals surface area contributed by atoms with Gasteiger partial charge in [0.2, 0.25) is 0 Å². The van der Waals surface area contributed by atoms with Gasteiger partial charge in [0.25, 0.3) is 5.56 Å². The van der Waals surface area contributed by atoms with Crippen molar-refractivity contribution in [2.24, 2.45) is 0 Å². The van der Waals surface area contributed by atoms with Gasteiger partial charge in [-0.3, -0.25) is 9.78 Å². The lowest BCUT2D eigenvalue weighted by Gasteiger charge is -2.07. The summed E-state index contributed by atoms with van der Waals surface area (Å²) in [6.07, 6.45) is 8.91. The molecule has 0 saturated heterocycles. The van der Waals surface area contributed by atoms with Crippen molar-refractivity contribution in [2.45, 2.75) is 13.5 Å². The number of methoxy groups -OCH3 is 1. The van der Waals surface area contributed by atoms with E-state index in [-0.39, 0.29) is 5.56 Å². The quantitative estimate of drug-likeness (QED) is 0.581. The summed E-state index contributed by atoms with van der Waals surface area (Å²) in [5.74, 6) is 0.597. The van der Waals surface area contributed by atoms with E-state index in [9.17, 15) is 4.79 Å². The number of fused-ring (bicyclic) bond motifs is 2. The third kappa shape index (κ3) is 2.32. The molecule has 0 saturated carbocycles. The van der Waals surface area contributed by atoms with E-state index < -0.39 is 0 Å². The number of hydrogen-bond donors (Lipinski definition) is 0. The third-order valence-corrected chi connectivity index (χ3v) is 4.06. The van der Waals surface area contributed by atoms with Gasteiger partial charge in [0.05, 0.1) is 30.9 Å². The smallest absolute Gasteiger partial charge is 0.260 e. The van der Waals surface area contributed by atoms with Crippen LogP contribution in [-0.2, 0) is 6.54 Å². The van der Waals surface area contributed by atoms with Crippen LogP contribution in [0.3, 0.4) is 0 Å². The minimum Gasteiger partial charge on any atom is -0.494 e. The van der Waals surface area contributed by atoms with E-state index in [1.807, 2.05) is 41.9 Å². The minimum absolute atomic E-state index is 0.105. The summed E-state index contributed by atoms with van der Waals surface area (Å²) in [5, 5.41) is 1.30. The van der Waals surface area contributed by atoms with E-state index in [4.69, 9.17) is 4.74 Å². The molecule has 4 aromatic heterocycles. The Morgan fingerprint density at radius 1 is 1.12 bits per heavy atom. The van der Waals surface area contributed by atoms with Gasteiger partial charge in [-0.2, -0.15) is 0 Å². The molecule has 0 aliphatic heterocycles. The highest BCUT2D eigenvalue weighted by atomic mass is 16.5. The molecule has 6 nitrogen and oxygen atoms in total. The Labute approximate surface area is 138 Å². The second-order valence-electron chi connectivity index (χ2n) is 5.76. The molecule has 0 aromatic carbocycles. The van der Waals surface area contributed by atoms with Gasteiger partial charge in [0.15, 0.2) is 0 Å². The molecule has 4 heterocycles. The summed E-state index contributed by atoms with van der Waals surface area (Å²) in [5.41, 5.74) is 2.75. The van der Waals surface area contributed by atoms with Crippen LogP contribution in [0.4, 0.5) is 0 Å². The largest absolute Gasteiger partial charge is 0.494 e. The Morgan fingerprint density at radius 2 is 2.00 bits per heavy atom. The lowest BCUT2D eigenvalue weighted by atomic mass is 10.2. The zero-order valence-electron chi connectivity index (χ0n) is 13.4. The predicted octanol–water partition coefficient (Wildman–Crippen LogP) is 2.41. The average molecular weight is 320 g/mol. The topological polar surface area (TPSA) is 61.4 Å². The first-order valence-corrected chi connectivity index (χ1v) is 7.61. The number of ether oxygens (including phenoxy) is 1. The van der Waals surface area contributed by atoms with E-state index in [0.717, 1.165) is 22.3 Å². The molecule has 4 rings (SSSR count). The summed E-state index contributed by atoms with van der Waals surface area (Å²) in [7, 11) is 1.57. The second-order valence-corrected chi connectivity index (χ2v) is 5.76. The SMILES string of the molecule is COc1cncc2c(=O)n(Cc3cn4cc(C)ccc4n3)ccc12. The summed E-state index contributed by atoms with van der Waals surface area (Å²) in [4.78, 5) is 21.3. The van der Waals surface area contributed by atoms with Gasteiger partial charge in [0.1, 0.15) is 11.4 Å². The number of hydrogen-bond acceptors (Lipinski definition) is 4. The number of aromatic nitrogens is 4. The fraction of sp³-hybridized carbons (Fsp3) is 0.167. The minimum atomic E-state index is -0.105. The first-order chi connectivity index (χ1) is 11.7. The van der Waals surface area contributed by atoms with Crippen molar-refractivity contribution in [1.82, 2.24) is 18.9 Å². The van der Waals surface area contributed by atoms with Gasteiger partial charge in [-0.25, -0.2) is 4.98 Å². The number of pyridine rings is 3. The van der Waals surface area contributed by atoms with E-state index >= 15 is 0 Å². The summed E-state index contributed by atoms with van der Waals surface area (Å²) >= 11 is 0. The molecule has 24 heavy (non-hydrogen) atoms. The van der Waals surface area contributed by atoms with Crippen molar-refractivity contribution in [1.29, 1.82) is 0 Å². The molecule has 0 unspecified atom stereocenters. The predicted molar refractivity (Wildman–Crippen MR) is 91.6 cm³/mol. The Balaban J connectivity index is 1.78. The van der Waals surface area contributed by atoms with Crippen molar-refractivity contribution < 1.29 is 4.74 Å². The molecule has 4 aromatic rings. The van der Waals surface area contributed by atoms with Gasteiger partial charge in [-0.05, 0) is 24.6 Å². The molecular weight excluding hydrogens is 304 g/mol. The number of nitrogens with zero attached hydrogens (tertiary/aromatic N) is 4. The molecule has 0 bridgehead atoms. The van der Waals surface area contributed by atoms with Crippen molar-refractivity contribution in [3.63, 3.8) is 0 Å². The maximum absolute atomic E-state index is 12.7. The maximum atomic E-state index is 12.7. The van der Waals surface area contributed by atoms with E-state index in [2.05, 4.69) is 9.97 Å². The van der Waals surface area contributed by atoms with E-state index in [0.29, 0.717) is 17.7 Å². The first kappa shape index (κ1) is 14.4. The summed E-state index contributed by atoms with van der Waals surface area (Å²) in [6.45, 7) is 2.44. The molecule has 0 N–H and O–H groups in total. The zero-order valence-corrected chi connectivity index (χ0v) is 13.4. The molecule has 0 fully saturated rings. The van der Waals surface area contributed by atoms with Crippen LogP contribution in [0.15, 0.2) is 54.0 Å². The highest BCUT2D eigenvalue weighted by molar-refractivity contribution is 5.86. The monoisotopic (exact) mass is 320 g/mol. The molecule has 0 amide bonds. The van der Waals surface area contributed by atoms with Crippen LogP contribution in [0.5, 0.6) is 5.75 Å². The summed E-state index contributed by atoms with van der Waals surface area (Å²) in [6, 6.07) is 5.86. The van der Waals surface area contributed by atoms with Crippen molar-refractivity contribution in [3.8, 4) is 5.75 Å². The molecule has 0 aliphatic rings. The lowest BCUT2D eigenvalue weighted by molar-refractivity contribution is 0.418. The fourth-order valence-corrected chi connectivity index (χ4v) is 2.87. The van der Waals surface area contributed by atoms with Crippen LogP contribution < -0.4 is 10.3 Å². The van der Waals surface area contributed by atoms with Gasteiger partial charge in [-0.15, -0.1) is 0 Å². The van der Waals surface area contributed by atoms with Gasteiger partial charge < -0.3 is 13.7 Å². The Kier molecular flexibility index (Phi) is 3.30. The molecule has 6 heteroatoms. The van der Waals surface area contributed by atoms with Crippen LogP contribution in [0.25, 0.3) is 16.4 Å². The molecule has 0 radical (unpaired) electrons. The highest BCUT2D eigenvalue weighted by Crippen LogP contribution is 2.21. The third-order valence-electron chi connectivity index (χ3n) is 4.06. The van der Waals surface area contributed by atoms with E-state index in [1.165, 1.54) is 0 Å².